The van der Waals surface area contributed by atoms with E-state index in [4.69, 9.17) is 21.1 Å². The van der Waals surface area contributed by atoms with Crippen LogP contribution in [0.4, 0.5) is 21.0 Å². The molecule has 2 heterocycles. The zero-order valence-corrected chi connectivity index (χ0v) is 24.5. The number of anilines is 2. The van der Waals surface area contributed by atoms with Crippen molar-refractivity contribution in [2.75, 3.05) is 37.0 Å². The lowest BCUT2D eigenvalue weighted by molar-refractivity contribution is 0.129. The van der Waals surface area contributed by atoms with E-state index in [1.807, 2.05) is 23.1 Å². The van der Waals surface area contributed by atoms with E-state index in [2.05, 4.69) is 23.7 Å². The Hall–Kier alpha value is -3.98. The summed E-state index contributed by atoms with van der Waals surface area (Å²) in [5, 5.41) is 9.75. The van der Waals surface area contributed by atoms with Crippen LogP contribution < -0.4 is 19.3 Å². The molecule has 0 bridgehead atoms. The fourth-order valence-electron chi connectivity index (χ4n) is 6.25. The average Bonchev–Trinajstić information content (AvgIpc) is 3.22. The third-order valence-electron chi connectivity index (χ3n) is 8.25. The molecule has 41 heavy (non-hydrogen) atoms. The van der Waals surface area contributed by atoms with Crippen LogP contribution in [0.5, 0.6) is 11.5 Å². The first-order chi connectivity index (χ1) is 19.6. The summed E-state index contributed by atoms with van der Waals surface area (Å²) in [6.07, 6.45) is 4.44. The maximum atomic E-state index is 14.6. The molecule has 1 N–H and O–H groups in total. The third kappa shape index (κ3) is 5.77. The van der Waals surface area contributed by atoms with E-state index in [1.54, 1.807) is 61.8 Å². The number of halogens is 1. The smallest absolute Gasteiger partial charge is 0.495 e. The molecule has 1 aliphatic carbocycles. The molecule has 3 aromatic rings. The molecule has 9 nitrogen and oxygen atoms in total. The van der Waals surface area contributed by atoms with Gasteiger partial charge >= 0.3 is 12.2 Å². The van der Waals surface area contributed by atoms with Crippen LogP contribution in [-0.2, 0) is 5.41 Å². The number of methoxy groups -OCH3 is 1. The maximum Gasteiger partial charge on any atom is 0.511 e. The number of aromatic nitrogens is 1. The van der Waals surface area contributed by atoms with Gasteiger partial charge in [0.2, 0.25) is 0 Å². The van der Waals surface area contributed by atoms with Crippen molar-refractivity contribution in [2.45, 2.75) is 50.6 Å². The quantitative estimate of drug-likeness (QED) is 0.255. The molecular formula is C31H35ClN4O5. The van der Waals surface area contributed by atoms with Gasteiger partial charge in [0.15, 0.2) is 0 Å². The highest BCUT2D eigenvalue weighted by Crippen LogP contribution is 2.50. The van der Waals surface area contributed by atoms with Crippen LogP contribution in [0.3, 0.4) is 0 Å². The van der Waals surface area contributed by atoms with Gasteiger partial charge in [-0.1, -0.05) is 31.5 Å². The lowest BCUT2D eigenvalue weighted by Gasteiger charge is -2.44. The predicted octanol–water partition coefficient (Wildman–Crippen LogP) is 6.75. The molecule has 1 unspecified atom stereocenters. The molecule has 2 aromatic carbocycles. The largest absolute Gasteiger partial charge is 0.511 e. The van der Waals surface area contributed by atoms with Crippen molar-refractivity contribution < 1.29 is 24.2 Å². The lowest BCUT2D eigenvalue weighted by Crippen LogP contribution is -2.52. The highest BCUT2D eigenvalue weighted by Gasteiger charge is 2.45. The van der Waals surface area contributed by atoms with Gasteiger partial charge in [0.1, 0.15) is 11.5 Å². The second kappa shape index (κ2) is 11.5. The number of pyridine rings is 1. The molecule has 1 aliphatic heterocycles. The number of hydrogen-bond donors (Lipinski definition) is 1. The maximum absolute atomic E-state index is 14.6. The molecule has 216 valence electrons. The molecule has 10 heteroatoms. The summed E-state index contributed by atoms with van der Waals surface area (Å²) in [6.45, 7) is 5.88. The SMILES string of the molecule is COc1ccc(Cl)cc1N(C)C(=O)N(C1CCN(c2ccncc2)CC1)C1CC(C)(C)c2ccc(OC(=O)O)cc21. The molecule has 1 aromatic heterocycles. The normalized spacial score (nSPS) is 18.0. The molecule has 0 spiro atoms. The van der Waals surface area contributed by atoms with Crippen molar-refractivity contribution in [2.24, 2.45) is 0 Å². The minimum absolute atomic E-state index is 0.0518. The number of fused-ring (bicyclic) bond motifs is 1. The number of amides is 2. The number of benzene rings is 2. The van der Waals surface area contributed by atoms with E-state index in [1.165, 1.54) is 0 Å². The molecule has 0 saturated carbocycles. The Bertz CT molecular complexity index is 1430. The molecule has 5 rings (SSSR count). The van der Waals surface area contributed by atoms with Gasteiger partial charge < -0.3 is 24.4 Å². The molecular weight excluding hydrogens is 544 g/mol. The fourth-order valence-corrected chi connectivity index (χ4v) is 6.42. The number of carbonyl (C=O) groups is 2. The van der Waals surface area contributed by atoms with Gasteiger partial charge in [-0.25, -0.2) is 9.59 Å². The zero-order chi connectivity index (χ0) is 29.3. The molecule has 1 fully saturated rings. The molecule has 1 atom stereocenters. The van der Waals surface area contributed by atoms with Crippen LogP contribution >= 0.6 is 11.6 Å². The molecule has 2 aliphatic rings. The van der Waals surface area contributed by atoms with E-state index in [9.17, 15) is 14.7 Å². The first kappa shape index (κ1) is 28.5. The number of rotatable bonds is 6. The van der Waals surface area contributed by atoms with Gasteiger partial charge in [0.05, 0.1) is 18.8 Å². The van der Waals surface area contributed by atoms with E-state index in [0.717, 1.165) is 42.7 Å². The molecule has 2 amide bonds. The topological polar surface area (TPSA) is 95.4 Å². The number of hydrogen-bond acceptors (Lipinski definition) is 6. The summed E-state index contributed by atoms with van der Waals surface area (Å²) >= 11 is 6.34. The average molecular weight is 579 g/mol. The van der Waals surface area contributed by atoms with Crippen LogP contribution in [0, 0.1) is 0 Å². The highest BCUT2D eigenvalue weighted by atomic mass is 35.5. The van der Waals surface area contributed by atoms with Gasteiger partial charge in [-0.2, -0.15) is 0 Å². The molecule has 1 saturated heterocycles. The van der Waals surface area contributed by atoms with Crippen LogP contribution in [0.15, 0.2) is 60.9 Å². The second-order valence-electron chi connectivity index (χ2n) is 11.2. The van der Waals surface area contributed by atoms with Crippen molar-refractivity contribution >= 4 is 35.2 Å². The number of piperidine rings is 1. The Morgan fingerprint density at radius 1 is 1.07 bits per heavy atom. The third-order valence-corrected chi connectivity index (χ3v) is 8.49. The standard InChI is InChI=1S/C31H35ClN4O5/c1-31(2)19-27(24-18-23(41-30(38)39)6-7-25(24)31)36(22-11-15-35(16-12-22)21-9-13-33-14-10-21)29(37)34(3)26-17-20(32)5-8-28(26)40-4/h5-10,13-14,17-18,22,27H,11-12,15-16,19H2,1-4H3,(H,38,39). The van der Waals surface area contributed by atoms with Gasteiger partial charge in [-0.3, -0.25) is 9.88 Å². The van der Waals surface area contributed by atoms with E-state index < -0.39 is 6.16 Å². The summed E-state index contributed by atoms with van der Waals surface area (Å²) < 4.78 is 10.6. The van der Waals surface area contributed by atoms with Crippen LogP contribution in [-0.4, -0.2) is 60.5 Å². The number of carboxylic acid groups (broad SMARTS) is 1. The minimum atomic E-state index is -1.37. The summed E-state index contributed by atoms with van der Waals surface area (Å²) in [5.41, 5.74) is 3.44. The van der Waals surface area contributed by atoms with E-state index in [0.29, 0.717) is 22.9 Å². The van der Waals surface area contributed by atoms with E-state index in [-0.39, 0.29) is 29.3 Å². The Morgan fingerprint density at radius 2 is 1.78 bits per heavy atom. The number of ether oxygens (including phenoxy) is 2. The number of nitrogens with zero attached hydrogens (tertiary/aromatic N) is 4. The predicted molar refractivity (Wildman–Crippen MR) is 159 cm³/mol. The van der Waals surface area contributed by atoms with Gasteiger partial charge in [0, 0.05) is 49.3 Å². The summed E-state index contributed by atoms with van der Waals surface area (Å²) in [6, 6.07) is 14.1. The fraction of sp³-hybridized carbons (Fsp3) is 0.387. The highest BCUT2D eigenvalue weighted by molar-refractivity contribution is 6.31. The first-order valence-corrected chi connectivity index (χ1v) is 14.1. The molecule has 0 radical (unpaired) electrons. The van der Waals surface area contributed by atoms with Gasteiger partial charge in [-0.05, 0) is 78.3 Å². The first-order valence-electron chi connectivity index (χ1n) is 13.7. The Labute approximate surface area is 245 Å². The zero-order valence-electron chi connectivity index (χ0n) is 23.7. The Kier molecular flexibility index (Phi) is 8.00. The van der Waals surface area contributed by atoms with Crippen molar-refractivity contribution in [1.29, 1.82) is 0 Å². The summed E-state index contributed by atoms with van der Waals surface area (Å²) in [5.74, 6) is 0.783. The van der Waals surface area contributed by atoms with Crippen LogP contribution in [0.1, 0.15) is 50.3 Å². The monoisotopic (exact) mass is 578 g/mol. The summed E-state index contributed by atoms with van der Waals surface area (Å²) in [7, 11) is 3.30. The van der Waals surface area contributed by atoms with Crippen LogP contribution in [0.25, 0.3) is 0 Å². The van der Waals surface area contributed by atoms with Crippen LogP contribution in [0.2, 0.25) is 5.02 Å². The van der Waals surface area contributed by atoms with Gasteiger partial charge in [0.25, 0.3) is 0 Å². The van der Waals surface area contributed by atoms with Crippen molar-refractivity contribution in [3.05, 3.63) is 77.1 Å². The lowest BCUT2D eigenvalue weighted by atomic mass is 9.86. The van der Waals surface area contributed by atoms with Crippen molar-refractivity contribution in [3.8, 4) is 11.5 Å². The van der Waals surface area contributed by atoms with Crippen molar-refractivity contribution in [3.63, 3.8) is 0 Å². The summed E-state index contributed by atoms with van der Waals surface area (Å²) in [4.78, 5) is 35.9. The number of carbonyl (C=O) groups excluding carboxylic acids is 1. The van der Waals surface area contributed by atoms with E-state index >= 15 is 0 Å². The number of urea groups is 1. The second-order valence-corrected chi connectivity index (χ2v) is 11.6. The van der Waals surface area contributed by atoms with Gasteiger partial charge in [-0.15, -0.1) is 0 Å². The van der Waals surface area contributed by atoms with Crippen molar-refractivity contribution in [1.82, 2.24) is 9.88 Å². The Balaban J connectivity index is 1.53. The minimum Gasteiger partial charge on any atom is -0.495 e. The Morgan fingerprint density at radius 3 is 2.44 bits per heavy atom.